The van der Waals surface area contributed by atoms with E-state index in [1.165, 1.54) is 21.3 Å². The van der Waals surface area contributed by atoms with Gasteiger partial charge in [0.25, 0.3) is 11.8 Å². The number of benzene rings is 1. The summed E-state index contributed by atoms with van der Waals surface area (Å²) in [5, 5.41) is 10.3. The largest absolute Gasteiger partial charge is 0.502 e. The molecule has 5 rings (SSSR count). The molecule has 12 heteroatoms. The predicted molar refractivity (Wildman–Crippen MR) is 142 cm³/mol. The molecule has 1 saturated carbocycles. The summed E-state index contributed by atoms with van der Waals surface area (Å²) in [6.07, 6.45) is 5.47. The van der Waals surface area contributed by atoms with Gasteiger partial charge in [0.15, 0.2) is 21.2 Å². The van der Waals surface area contributed by atoms with Gasteiger partial charge in [0.2, 0.25) is 17.6 Å². The number of rotatable bonds is 5. The third kappa shape index (κ3) is 3.42. The molecule has 0 spiro atoms. The molecule has 4 aliphatic rings. The van der Waals surface area contributed by atoms with Gasteiger partial charge < -0.3 is 14.6 Å². The van der Waals surface area contributed by atoms with Crippen molar-refractivity contribution >= 4 is 68.8 Å². The lowest BCUT2D eigenvalue weighted by Gasteiger charge is -2.49. The van der Waals surface area contributed by atoms with Crippen LogP contribution in [0.5, 0.6) is 17.2 Å². The number of aromatic hydroxyl groups is 1. The maximum absolute atomic E-state index is 13.6. The van der Waals surface area contributed by atoms with Crippen molar-refractivity contribution in [3.63, 3.8) is 0 Å². The van der Waals surface area contributed by atoms with Gasteiger partial charge in [-0.2, -0.15) is 0 Å². The molecule has 2 aliphatic heterocycles. The van der Waals surface area contributed by atoms with E-state index in [0.717, 1.165) is 9.80 Å². The van der Waals surface area contributed by atoms with Crippen LogP contribution in [0.15, 0.2) is 29.9 Å². The van der Waals surface area contributed by atoms with Crippen LogP contribution in [-0.4, -0.2) is 75.0 Å². The van der Waals surface area contributed by atoms with E-state index in [2.05, 4.69) is 15.9 Å². The summed E-state index contributed by atoms with van der Waals surface area (Å²) < 4.78 is 10.5. The lowest BCUT2D eigenvalue weighted by Crippen LogP contribution is -2.60. The minimum absolute atomic E-state index is 0.0583. The third-order valence-corrected chi connectivity index (χ3v) is 10.2. The van der Waals surface area contributed by atoms with E-state index in [1.807, 2.05) is 6.08 Å². The van der Waals surface area contributed by atoms with Gasteiger partial charge in [-0.1, -0.05) is 39.7 Å². The number of phenolic OH excluding ortho intramolecular Hbond substituents is 1. The molecule has 4 amide bonds. The van der Waals surface area contributed by atoms with Crippen molar-refractivity contribution in [1.82, 2.24) is 9.80 Å². The molecule has 3 fully saturated rings. The number of likely N-dealkylation sites (tertiary alicyclic amines) is 2. The quantitative estimate of drug-likeness (QED) is 0.231. The van der Waals surface area contributed by atoms with Crippen LogP contribution >= 0.6 is 39.1 Å². The van der Waals surface area contributed by atoms with Gasteiger partial charge in [0.05, 0.1) is 31.5 Å². The van der Waals surface area contributed by atoms with E-state index in [1.54, 1.807) is 24.3 Å². The zero-order valence-corrected chi connectivity index (χ0v) is 23.8. The van der Waals surface area contributed by atoms with Crippen LogP contribution in [0.25, 0.3) is 6.08 Å². The number of carbonyl (C=O) groups is 4. The van der Waals surface area contributed by atoms with Crippen molar-refractivity contribution in [1.29, 1.82) is 0 Å². The molecule has 2 heterocycles. The van der Waals surface area contributed by atoms with E-state index < -0.39 is 45.2 Å². The summed E-state index contributed by atoms with van der Waals surface area (Å²) in [5.74, 6) is -4.40. The first-order valence-electron chi connectivity index (χ1n) is 11.9. The average molecular weight is 628 g/mol. The monoisotopic (exact) mass is 626 g/mol. The summed E-state index contributed by atoms with van der Waals surface area (Å²) in [4.78, 5) is 51.5. The van der Waals surface area contributed by atoms with Crippen molar-refractivity contribution in [3.8, 4) is 17.2 Å². The van der Waals surface area contributed by atoms with Crippen molar-refractivity contribution < 1.29 is 33.8 Å². The van der Waals surface area contributed by atoms with Crippen molar-refractivity contribution in [2.45, 2.75) is 22.6 Å². The fourth-order valence-corrected chi connectivity index (χ4v) is 7.76. The fourth-order valence-electron chi connectivity index (χ4n) is 6.38. The number of ether oxygens (including phenoxy) is 2. The third-order valence-electron chi connectivity index (χ3n) is 8.28. The highest BCUT2D eigenvalue weighted by atomic mass is 79.9. The second-order valence-corrected chi connectivity index (χ2v) is 11.6. The molecule has 1 N–H and O–H groups in total. The molecule has 1 aromatic carbocycles. The summed E-state index contributed by atoms with van der Waals surface area (Å²) in [5.41, 5.74) is 1.17. The lowest BCUT2D eigenvalue weighted by atomic mass is 9.57. The van der Waals surface area contributed by atoms with E-state index in [-0.39, 0.29) is 40.9 Å². The Labute approximate surface area is 237 Å². The standard InChI is InChI=1S/C26H25BrCl2N2O7/c1-30-21(33)14-6-5-13-15(19(14)22(30)34)10-25(28)23(35)31(11-27)24(36)26(25,29)16(13)7-4-12-8-17(37-2)20(32)18(9-12)38-3/h4-5,7-9,14-16,19,32H,6,10-11H2,1-3H3. The summed E-state index contributed by atoms with van der Waals surface area (Å²) >= 11 is 17.4. The molecule has 9 nitrogen and oxygen atoms in total. The maximum atomic E-state index is 13.6. The Hall–Kier alpha value is -2.56. The average Bonchev–Trinajstić information content (AvgIpc) is 3.21. The number of hydrogen-bond acceptors (Lipinski definition) is 7. The minimum Gasteiger partial charge on any atom is -0.502 e. The number of halogens is 3. The second kappa shape index (κ2) is 9.27. The normalized spacial score (nSPS) is 34.4. The van der Waals surface area contributed by atoms with Crippen LogP contribution in [0.3, 0.4) is 0 Å². The van der Waals surface area contributed by atoms with Crippen LogP contribution in [-0.2, 0) is 19.2 Å². The van der Waals surface area contributed by atoms with Crippen LogP contribution < -0.4 is 9.47 Å². The van der Waals surface area contributed by atoms with Gasteiger partial charge in [-0.15, -0.1) is 23.2 Å². The summed E-state index contributed by atoms with van der Waals surface area (Å²) in [7, 11) is 4.26. The SMILES string of the molecule is COc1cc(C=CC2C3=CCC4C(=O)N(C)C(=O)C4C3CC3(Cl)C(=O)N(CBr)C(=O)C23Cl)cc(OC)c1O. The van der Waals surface area contributed by atoms with Crippen molar-refractivity contribution in [3.05, 3.63) is 35.4 Å². The van der Waals surface area contributed by atoms with Gasteiger partial charge in [0, 0.05) is 13.0 Å². The highest BCUT2D eigenvalue weighted by Crippen LogP contribution is 2.63. The zero-order valence-electron chi connectivity index (χ0n) is 20.7. The smallest absolute Gasteiger partial charge is 0.254 e. The summed E-state index contributed by atoms with van der Waals surface area (Å²) in [6.45, 7) is 0. The molecule has 6 unspecified atom stereocenters. The lowest BCUT2D eigenvalue weighted by molar-refractivity contribution is -0.140. The van der Waals surface area contributed by atoms with Gasteiger partial charge in [-0.05, 0) is 36.5 Å². The van der Waals surface area contributed by atoms with Crippen LogP contribution in [0.1, 0.15) is 18.4 Å². The number of amides is 4. The first-order chi connectivity index (χ1) is 18.0. The van der Waals surface area contributed by atoms with Gasteiger partial charge in [-0.3, -0.25) is 29.0 Å². The first kappa shape index (κ1) is 27.0. The first-order valence-corrected chi connectivity index (χ1v) is 13.8. The van der Waals surface area contributed by atoms with E-state index in [9.17, 15) is 24.3 Å². The molecule has 0 bridgehead atoms. The molecule has 202 valence electrons. The molecule has 2 aliphatic carbocycles. The zero-order chi connectivity index (χ0) is 27.7. The van der Waals surface area contributed by atoms with E-state index in [4.69, 9.17) is 32.7 Å². The number of alkyl halides is 3. The summed E-state index contributed by atoms with van der Waals surface area (Å²) in [6, 6.07) is 3.16. The van der Waals surface area contributed by atoms with Crippen LogP contribution in [0.2, 0.25) is 0 Å². The molecular formula is C26H25BrCl2N2O7. The van der Waals surface area contributed by atoms with Crippen LogP contribution in [0, 0.1) is 23.7 Å². The van der Waals surface area contributed by atoms with E-state index in [0.29, 0.717) is 17.6 Å². The maximum Gasteiger partial charge on any atom is 0.254 e. The van der Waals surface area contributed by atoms with Crippen molar-refractivity contribution in [2.24, 2.45) is 23.7 Å². The molecule has 38 heavy (non-hydrogen) atoms. The van der Waals surface area contributed by atoms with Gasteiger partial charge in [0.1, 0.15) is 0 Å². The molecule has 2 saturated heterocycles. The molecule has 6 atom stereocenters. The molecule has 0 aromatic heterocycles. The Balaban J connectivity index is 1.67. The molecular weight excluding hydrogens is 603 g/mol. The van der Waals surface area contributed by atoms with Crippen molar-refractivity contribution in [2.75, 3.05) is 26.7 Å². The fraction of sp³-hybridized carbons (Fsp3) is 0.462. The Kier molecular flexibility index (Phi) is 6.60. The highest BCUT2D eigenvalue weighted by Gasteiger charge is 2.75. The number of fused-ring (bicyclic) bond motifs is 4. The van der Waals surface area contributed by atoms with Gasteiger partial charge in [-0.25, -0.2) is 0 Å². The number of nitrogens with zero attached hydrogens (tertiary/aromatic N) is 2. The van der Waals surface area contributed by atoms with Gasteiger partial charge >= 0.3 is 0 Å². The minimum atomic E-state index is -1.87. The number of hydrogen-bond donors (Lipinski definition) is 1. The topological polar surface area (TPSA) is 113 Å². The molecule has 1 aromatic rings. The van der Waals surface area contributed by atoms with E-state index >= 15 is 0 Å². The Morgan fingerprint density at radius 1 is 1.08 bits per heavy atom. The number of imide groups is 2. The molecule has 0 radical (unpaired) electrons. The number of allylic oxidation sites excluding steroid dienone is 3. The Bertz CT molecular complexity index is 1310. The Morgan fingerprint density at radius 2 is 1.71 bits per heavy atom. The van der Waals surface area contributed by atoms with Crippen LogP contribution in [0.4, 0.5) is 0 Å². The number of methoxy groups -OCH3 is 2. The highest BCUT2D eigenvalue weighted by molar-refractivity contribution is 9.09. The Morgan fingerprint density at radius 3 is 2.29 bits per heavy atom. The second-order valence-electron chi connectivity index (χ2n) is 9.90. The number of carbonyl (C=O) groups excluding carboxylic acids is 4. The number of phenols is 1. The predicted octanol–water partition coefficient (Wildman–Crippen LogP) is 3.30.